The molecule has 3 aromatic rings. The predicted molar refractivity (Wildman–Crippen MR) is 90.2 cm³/mol. The van der Waals surface area contributed by atoms with E-state index in [-0.39, 0.29) is 5.91 Å². The van der Waals surface area contributed by atoms with Crippen LogP contribution < -0.4 is 5.32 Å². The average molecular weight is 329 g/mol. The number of carbonyl (C=O) groups excluding carboxylic acids is 1. The van der Waals surface area contributed by atoms with Gasteiger partial charge in [0.2, 0.25) is 0 Å². The van der Waals surface area contributed by atoms with Crippen LogP contribution in [0, 0.1) is 20.8 Å². The van der Waals surface area contributed by atoms with E-state index < -0.39 is 0 Å². The van der Waals surface area contributed by atoms with Crippen LogP contribution in [-0.4, -0.2) is 31.8 Å². The minimum absolute atomic E-state index is 0.140. The topological polar surface area (TPSA) is 64.7 Å². The van der Waals surface area contributed by atoms with Crippen molar-refractivity contribution in [1.82, 2.24) is 24.6 Å². The maximum absolute atomic E-state index is 12.3. The monoisotopic (exact) mass is 329 g/mol. The Morgan fingerprint density at radius 3 is 2.65 bits per heavy atom. The minimum atomic E-state index is -0.140. The molecular formula is C16H19N5OS. The third-order valence-corrected chi connectivity index (χ3v) is 4.52. The quantitative estimate of drug-likeness (QED) is 0.782. The fourth-order valence-electron chi connectivity index (χ4n) is 2.43. The summed E-state index contributed by atoms with van der Waals surface area (Å²) >= 11 is 1.51. The highest BCUT2D eigenvalue weighted by atomic mass is 32.1. The largest absolute Gasteiger partial charge is 0.349 e. The Morgan fingerprint density at radius 1 is 1.26 bits per heavy atom. The van der Waals surface area contributed by atoms with Crippen molar-refractivity contribution in [2.75, 3.05) is 6.54 Å². The molecule has 1 N–H and O–H groups in total. The van der Waals surface area contributed by atoms with E-state index >= 15 is 0 Å². The van der Waals surface area contributed by atoms with Gasteiger partial charge in [0.05, 0.1) is 12.2 Å². The van der Waals surface area contributed by atoms with E-state index in [0.29, 0.717) is 18.8 Å². The Kier molecular flexibility index (Phi) is 4.29. The fourth-order valence-corrected chi connectivity index (χ4v) is 3.30. The van der Waals surface area contributed by atoms with Gasteiger partial charge in [0.25, 0.3) is 5.91 Å². The van der Waals surface area contributed by atoms with Crippen LogP contribution in [0.4, 0.5) is 0 Å². The first kappa shape index (κ1) is 15.5. The second-order valence-electron chi connectivity index (χ2n) is 5.40. The van der Waals surface area contributed by atoms with Crippen molar-refractivity contribution in [3.05, 3.63) is 52.6 Å². The molecule has 0 unspecified atom stereocenters. The molecule has 0 aromatic carbocycles. The number of rotatable bonds is 5. The summed E-state index contributed by atoms with van der Waals surface area (Å²) in [6, 6.07) is 5.89. The molecule has 1 amide bonds. The van der Waals surface area contributed by atoms with Gasteiger partial charge in [-0.05, 0) is 39.0 Å². The molecule has 120 valence electrons. The van der Waals surface area contributed by atoms with Gasteiger partial charge in [-0.15, -0.1) is 11.3 Å². The number of thiazole rings is 1. The van der Waals surface area contributed by atoms with E-state index in [0.717, 1.165) is 21.4 Å². The van der Waals surface area contributed by atoms with Crippen LogP contribution >= 0.6 is 11.3 Å². The lowest BCUT2D eigenvalue weighted by Gasteiger charge is -2.06. The summed E-state index contributed by atoms with van der Waals surface area (Å²) in [4.78, 5) is 17.7. The average Bonchev–Trinajstić information content (AvgIpc) is 3.20. The molecule has 0 atom stereocenters. The van der Waals surface area contributed by atoms with Gasteiger partial charge < -0.3 is 9.88 Å². The minimum Gasteiger partial charge on any atom is -0.349 e. The summed E-state index contributed by atoms with van der Waals surface area (Å²) in [7, 11) is 0. The third-order valence-electron chi connectivity index (χ3n) is 3.54. The van der Waals surface area contributed by atoms with Gasteiger partial charge in [0, 0.05) is 29.5 Å². The van der Waals surface area contributed by atoms with Gasteiger partial charge in [0.15, 0.2) is 5.13 Å². The van der Waals surface area contributed by atoms with E-state index in [4.69, 9.17) is 0 Å². The molecule has 3 aromatic heterocycles. The molecule has 0 aliphatic carbocycles. The predicted octanol–water partition coefficient (Wildman–Crippen LogP) is 2.49. The summed E-state index contributed by atoms with van der Waals surface area (Å²) in [5, 5.41) is 8.10. The van der Waals surface area contributed by atoms with E-state index in [1.54, 1.807) is 0 Å². The van der Waals surface area contributed by atoms with Crippen LogP contribution in [0.15, 0.2) is 30.6 Å². The van der Waals surface area contributed by atoms with Gasteiger partial charge >= 0.3 is 0 Å². The molecule has 0 radical (unpaired) electrons. The second kappa shape index (κ2) is 6.37. The number of nitrogens with zero attached hydrogens (tertiary/aromatic N) is 4. The van der Waals surface area contributed by atoms with Gasteiger partial charge in [0.1, 0.15) is 5.69 Å². The standard InChI is InChI=1S/C16H19N5OS/c1-11-10-12(2)21(19-11)9-6-17-15(22)14-13(3)23-16(18-14)20-7-4-5-8-20/h4-5,7-8,10H,6,9H2,1-3H3,(H,17,22). The lowest BCUT2D eigenvalue weighted by molar-refractivity contribution is 0.0947. The summed E-state index contributed by atoms with van der Waals surface area (Å²) in [5.41, 5.74) is 2.57. The lowest BCUT2D eigenvalue weighted by Crippen LogP contribution is -2.28. The van der Waals surface area contributed by atoms with Crippen molar-refractivity contribution < 1.29 is 4.79 Å². The zero-order chi connectivity index (χ0) is 16.4. The van der Waals surface area contributed by atoms with Crippen molar-refractivity contribution in [3.63, 3.8) is 0 Å². The lowest BCUT2D eigenvalue weighted by atomic mass is 10.3. The molecule has 0 fully saturated rings. The Labute approximate surface area is 138 Å². The fraction of sp³-hybridized carbons (Fsp3) is 0.312. The van der Waals surface area contributed by atoms with Crippen LogP contribution in [0.2, 0.25) is 0 Å². The maximum atomic E-state index is 12.3. The highest BCUT2D eigenvalue weighted by Gasteiger charge is 2.15. The molecule has 3 heterocycles. The first-order valence-corrected chi connectivity index (χ1v) is 8.26. The highest BCUT2D eigenvalue weighted by molar-refractivity contribution is 7.14. The molecule has 3 rings (SSSR count). The third kappa shape index (κ3) is 3.34. The maximum Gasteiger partial charge on any atom is 0.271 e. The van der Waals surface area contributed by atoms with Crippen LogP contribution in [-0.2, 0) is 6.54 Å². The van der Waals surface area contributed by atoms with Crippen LogP contribution in [0.5, 0.6) is 0 Å². The first-order valence-electron chi connectivity index (χ1n) is 7.44. The van der Waals surface area contributed by atoms with E-state index in [2.05, 4.69) is 15.4 Å². The zero-order valence-corrected chi connectivity index (χ0v) is 14.2. The van der Waals surface area contributed by atoms with Crippen LogP contribution in [0.3, 0.4) is 0 Å². The first-order chi connectivity index (χ1) is 11.0. The summed E-state index contributed by atoms with van der Waals surface area (Å²) < 4.78 is 3.80. The van der Waals surface area contributed by atoms with Gasteiger partial charge in [-0.25, -0.2) is 4.98 Å². The number of nitrogens with one attached hydrogen (secondary N) is 1. The molecule has 0 aliphatic heterocycles. The molecule has 0 saturated carbocycles. The SMILES string of the molecule is Cc1cc(C)n(CCNC(=O)c2nc(-n3cccc3)sc2C)n1. The number of carbonyl (C=O) groups is 1. The van der Waals surface area contributed by atoms with Crippen molar-refractivity contribution >= 4 is 17.2 Å². The molecule has 6 nitrogen and oxygen atoms in total. The molecule has 0 bridgehead atoms. The van der Waals surface area contributed by atoms with Crippen molar-refractivity contribution in [2.24, 2.45) is 0 Å². The van der Waals surface area contributed by atoms with E-state index in [9.17, 15) is 4.79 Å². The Hall–Kier alpha value is -2.41. The van der Waals surface area contributed by atoms with E-state index in [1.165, 1.54) is 11.3 Å². The molecule has 0 spiro atoms. The smallest absolute Gasteiger partial charge is 0.271 e. The number of hydrogen-bond acceptors (Lipinski definition) is 4. The van der Waals surface area contributed by atoms with Crippen LogP contribution in [0.1, 0.15) is 26.8 Å². The van der Waals surface area contributed by atoms with Crippen molar-refractivity contribution in [1.29, 1.82) is 0 Å². The summed E-state index contributed by atoms with van der Waals surface area (Å²) in [5.74, 6) is -0.140. The Morgan fingerprint density at radius 2 is 2.00 bits per heavy atom. The van der Waals surface area contributed by atoms with Crippen molar-refractivity contribution in [2.45, 2.75) is 27.3 Å². The van der Waals surface area contributed by atoms with Gasteiger partial charge in [-0.3, -0.25) is 9.48 Å². The Bertz CT molecular complexity index is 816. The number of hydrogen-bond donors (Lipinski definition) is 1. The summed E-state index contributed by atoms with van der Waals surface area (Å²) in [6.07, 6.45) is 3.84. The zero-order valence-electron chi connectivity index (χ0n) is 13.4. The van der Waals surface area contributed by atoms with Crippen LogP contribution in [0.25, 0.3) is 5.13 Å². The van der Waals surface area contributed by atoms with Gasteiger partial charge in [-0.1, -0.05) is 0 Å². The van der Waals surface area contributed by atoms with Crippen molar-refractivity contribution in [3.8, 4) is 5.13 Å². The number of aryl methyl sites for hydroxylation is 3. The second-order valence-corrected chi connectivity index (χ2v) is 6.58. The number of amides is 1. The molecule has 0 aliphatic rings. The van der Waals surface area contributed by atoms with Gasteiger partial charge in [-0.2, -0.15) is 5.10 Å². The highest BCUT2D eigenvalue weighted by Crippen LogP contribution is 2.21. The molecule has 0 saturated heterocycles. The van der Waals surface area contributed by atoms with E-state index in [1.807, 2.05) is 60.6 Å². The molecule has 7 heteroatoms. The summed E-state index contributed by atoms with van der Waals surface area (Å²) in [6.45, 7) is 7.06. The normalized spacial score (nSPS) is 10.9. The number of aromatic nitrogens is 4. The molecule has 23 heavy (non-hydrogen) atoms. The Balaban J connectivity index is 1.63. The molecular weight excluding hydrogens is 310 g/mol.